The maximum atomic E-state index is 8.80. The van der Waals surface area contributed by atoms with Gasteiger partial charge in [-0.2, -0.15) is 0 Å². The summed E-state index contributed by atoms with van der Waals surface area (Å²) in [5, 5.41) is 0. The second-order valence-electron chi connectivity index (χ2n) is 0.415. The Labute approximate surface area is 64.7 Å². The molecular formula is H2LiMnNiO4. The van der Waals surface area contributed by atoms with Crippen LogP contribution in [-0.2, 0) is 37.5 Å². The Hall–Kier alpha value is 1.13. The summed E-state index contributed by atoms with van der Waals surface area (Å²) in [5.41, 5.74) is 0. The van der Waals surface area contributed by atoms with Crippen molar-refractivity contribution in [3.05, 3.63) is 0 Å². The molecule has 0 atom stereocenters. The van der Waals surface area contributed by atoms with Gasteiger partial charge in [0.25, 0.3) is 0 Å². The van der Waals surface area contributed by atoms with Gasteiger partial charge >= 0.3 is 29.4 Å². The molecule has 2 N–H and O–H groups in total. The van der Waals surface area contributed by atoms with Crippen molar-refractivity contribution in [2.45, 2.75) is 0 Å². The van der Waals surface area contributed by atoms with Crippen molar-refractivity contribution >= 4 is 18.9 Å². The molecule has 0 spiro atoms. The minimum absolute atomic E-state index is 0. The first-order chi connectivity index (χ1) is 2.00. The molecule has 0 aromatic carbocycles. The molecule has 0 saturated carbocycles. The molecule has 0 aliphatic rings. The number of hydrogen-bond acceptors (Lipinski definition) is 2. The van der Waals surface area contributed by atoms with Crippen molar-refractivity contribution in [2.24, 2.45) is 0 Å². The van der Waals surface area contributed by atoms with Crippen molar-refractivity contribution in [3.63, 3.8) is 0 Å². The first-order valence-electron chi connectivity index (χ1n) is 0.647. The molecule has 4 nitrogen and oxygen atoms in total. The van der Waals surface area contributed by atoms with Crippen LogP contribution in [0.15, 0.2) is 0 Å². The van der Waals surface area contributed by atoms with Gasteiger partial charge < -0.3 is 0 Å². The topological polar surface area (TPSA) is 74.6 Å². The van der Waals surface area contributed by atoms with Crippen molar-refractivity contribution in [1.29, 1.82) is 0 Å². The van der Waals surface area contributed by atoms with Gasteiger partial charge in [-0.15, -0.1) is 0 Å². The molecule has 0 unspecified atom stereocenters. The van der Waals surface area contributed by atoms with Crippen molar-refractivity contribution < 1.29 is 45.9 Å². The molecular weight excluding hydrogens is 185 g/mol. The molecule has 1 radical (unpaired) electrons. The van der Waals surface area contributed by atoms with Gasteiger partial charge in [0.1, 0.15) is 0 Å². The predicted molar refractivity (Wildman–Crippen MR) is 11.6 cm³/mol. The molecule has 0 aliphatic carbocycles. The van der Waals surface area contributed by atoms with E-state index < -0.39 is 13.4 Å². The fourth-order valence-electron chi connectivity index (χ4n) is 0. The average molecular weight is 187 g/mol. The summed E-state index contributed by atoms with van der Waals surface area (Å²) in [7, 11) is 0. The molecule has 0 bridgehead atoms. The Morgan fingerprint density at radius 1 is 1.14 bits per heavy atom. The van der Waals surface area contributed by atoms with E-state index in [4.69, 9.17) is 16.0 Å². The van der Waals surface area contributed by atoms with Crippen LogP contribution in [0.2, 0.25) is 0 Å². The first kappa shape index (κ1) is 15.7. The fraction of sp³-hybridized carbons (Fsp3) is 0. The average Bonchev–Trinajstić information content (AvgIpc) is 0.722. The molecule has 0 heterocycles. The predicted octanol–water partition coefficient (Wildman–Crippen LogP) is -1.74. The Morgan fingerprint density at radius 3 is 1.14 bits per heavy atom. The molecule has 0 fully saturated rings. The molecule has 0 rings (SSSR count). The monoisotopic (exact) mass is 186 g/mol. The zero-order chi connectivity index (χ0) is 4.50. The van der Waals surface area contributed by atoms with Crippen LogP contribution in [0.1, 0.15) is 0 Å². The summed E-state index contributed by atoms with van der Waals surface area (Å²) in [6.45, 7) is 0. The number of hydrogen-bond donors (Lipinski definition) is 2. The van der Waals surface area contributed by atoms with E-state index in [0.717, 1.165) is 0 Å². The van der Waals surface area contributed by atoms with Crippen LogP contribution in [0.4, 0.5) is 0 Å². The molecule has 44 valence electrons. The van der Waals surface area contributed by atoms with E-state index in [1.54, 1.807) is 0 Å². The second kappa shape index (κ2) is 5.27. The molecule has 0 aliphatic heterocycles. The summed E-state index contributed by atoms with van der Waals surface area (Å²) in [5.74, 6) is 0. The molecule has 0 amide bonds. The molecule has 7 heteroatoms. The third-order valence-corrected chi connectivity index (χ3v) is 0. The van der Waals surface area contributed by atoms with Gasteiger partial charge in [0.15, 0.2) is 0 Å². The summed E-state index contributed by atoms with van der Waals surface area (Å²) < 4.78 is 31.8. The van der Waals surface area contributed by atoms with E-state index in [1.165, 1.54) is 0 Å². The van der Waals surface area contributed by atoms with Gasteiger partial charge in [-0.1, -0.05) is 0 Å². The Balaban J connectivity index is -0.0000000800. The summed E-state index contributed by atoms with van der Waals surface area (Å²) in [6.07, 6.45) is 0. The van der Waals surface area contributed by atoms with E-state index in [9.17, 15) is 0 Å². The van der Waals surface area contributed by atoms with Crippen molar-refractivity contribution in [2.75, 3.05) is 0 Å². The van der Waals surface area contributed by atoms with Gasteiger partial charge in [0, 0.05) is 35.4 Å². The third kappa shape index (κ3) is 147. The molecule has 0 aromatic rings. The van der Waals surface area contributed by atoms with Gasteiger partial charge in [-0.25, -0.2) is 0 Å². The normalized spacial score (nSPS) is 8.29. The zero-order valence-electron chi connectivity index (χ0n) is 3.41. The van der Waals surface area contributed by atoms with Crippen LogP contribution in [0.5, 0.6) is 0 Å². The zero-order valence-corrected chi connectivity index (χ0v) is 5.57. The first-order valence-corrected chi connectivity index (χ1v) is 2.67. The number of rotatable bonds is 0. The fourth-order valence-corrected chi connectivity index (χ4v) is 0. The van der Waals surface area contributed by atoms with E-state index in [1.807, 2.05) is 0 Å². The third-order valence-electron chi connectivity index (χ3n) is 0. The van der Waals surface area contributed by atoms with Crippen LogP contribution in [0, 0.1) is 0 Å². The molecule has 7 heavy (non-hydrogen) atoms. The van der Waals surface area contributed by atoms with Crippen LogP contribution in [0.25, 0.3) is 0 Å². The summed E-state index contributed by atoms with van der Waals surface area (Å²) in [4.78, 5) is 0. The van der Waals surface area contributed by atoms with E-state index in [-0.39, 0.29) is 35.4 Å². The van der Waals surface area contributed by atoms with Crippen LogP contribution in [0.3, 0.4) is 0 Å². The van der Waals surface area contributed by atoms with Gasteiger partial charge in [-0.3, -0.25) is 0 Å². The van der Waals surface area contributed by atoms with Crippen molar-refractivity contribution in [1.82, 2.24) is 0 Å². The Kier molecular flexibility index (Phi) is 11.8. The van der Waals surface area contributed by atoms with E-state index in [0.29, 0.717) is 0 Å². The summed E-state index contributed by atoms with van der Waals surface area (Å²) in [6, 6.07) is 0. The Bertz CT molecular complexity index is 94.9. The minimum atomic E-state index is -5.12. The van der Waals surface area contributed by atoms with E-state index >= 15 is 0 Å². The maximum absolute atomic E-state index is 8.80. The van der Waals surface area contributed by atoms with Crippen molar-refractivity contribution in [3.8, 4) is 0 Å². The molecule has 0 aromatic heterocycles. The van der Waals surface area contributed by atoms with Gasteiger partial charge in [0.05, 0.1) is 0 Å². The summed E-state index contributed by atoms with van der Waals surface area (Å²) >= 11 is -5.12. The van der Waals surface area contributed by atoms with Crippen LogP contribution in [-0.4, -0.2) is 27.2 Å². The van der Waals surface area contributed by atoms with Gasteiger partial charge in [-0.05, 0) is 0 Å². The van der Waals surface area contributed by atoms with Gasteiger partial charge in [0.2, 0.25) is 0 Å². The van der Waals surface area contributed by atoms with Crippen LogP contribution >= 0.6 is 0 Å². The van der Waals surface area contributed by atoms with E-state index in [2.05, 4.69) is 0 Å². The second-order valence-corrected chi connectivity index (χ2v) is 1.71. The SMILES string of the molecule is [Li].[Ni].[O]=[Mn](=[O])([OH])[OH]. The standard InChI is InChI=1S/Li.Mn.Ni.2H2O.2O/h;;;2*1H2;;/q;+2;;;;;/p-2. The molecule has 0 saturated heterocycles. The van der Waals surface area contributed by atoms with Crippen LogP contribution < -0.4 is 0 Å². The quantitative estimate of drug-likeness (QED) is 0.441. The Morgan fingerprint density at radius 2 is 1.14 bits per heavy atom.